The summed E-state index contributed by atoms with van der Waals surface area (Å²) in [6.07, 6.45) is -1.60. The molecule has 0 saturated carbocycles. The molecule has 2 saturated heterocycles. The molecule has 58 heavy (non-hydrogen) atoms. The number of hydrogen-bond acceptors (Lipinski definition) is 10. The van der Waals surface area contributed by atoms with E-state index in [0.29, 0.717) is 23.2 Å². The van der Waals surface area contributed by atoms with Gasteiger partial charge >= 0.3 is 6.09 Å². The Labute approximate surface area is 340 Å². The van der Waals surface area contributed by atoms with Crippen LogP contribution in [-0.2, 0) is 43.6 Å². The number of hydrogen-bond donors (Lipinski definition) is 2. The van der Waals surface area contributed by atoms with E-state index in [0.717, 1.165) is 49.5 Å². The Morgan fingerprint density at radius 1 is 0.776 bits per heavy atom. The second-order valence-electron chi connectivity index (χ2n) is 14.1. The van der Waals surface area contributed by atoms with Gasteiger partial charge in [0.1, 0.15) is 18.3 Å². The predicted molar refractivity (Wildman–Crippen MR) is 217 cm³/mol. The number of aliphatic hydroxyl groups is 1. The second-order valence-corrected chi connectivity index (χ2v) is 15.0. The van der Waals surface area contributed by atoms with E-state index in [1.165, 1.54) is 11.8 Å². The number of carbonyl (C=O) groups excluding carboxylic acids is 3. The van der Waals surface area contributed by atoms with Gasteiger partial charge in [-0.2, -0.15) is 0 Å². The highest BCUT2D eigenvalue weighted by molar-refractivity contribution is 7.99. The molecule has 2 aliphatic rings. The van der Waals surface area contributed by atoms with E-state index in [2.05, 4.69) is 5.32 Å². The molecule has 1 unspecified atom stereocenters. The van der Waals surface area contributed by atoms with Crippen LogP contribution in [0.4, 0.5) is 4.79 Å². The van der Waals surface area contributed by atoms with Gasteiger partial charge in [0, 0.05) is 28.9 Å². The fourth-order valence-electron chi connectivity index (χ4n) is 6.96. The van der Waals surface area contributed by atoms with Crippen molar-refractivity contribution in [3.05, 3.63) is 167 Å². The summed E-state index contributed by atoms with van der Waals surface area (Å²) in [5, 5.41) is 12.7. The number of oxazole rings is 1. The lowest BCUT2D eigenvalue weighted by atomic mass is 10.0. The van der Waals surface area contributed by atoms with Gasteiger partial charge in [-0.05, 0) is 22.3 Å². The van der Waals surface area contributed by atoms with E-state index >= 15 is 0 Å². The molecule has 0 radical (unpaired) electrons. The molecule has 11 nitrogen and oxygen atoms in total. The van der Waals surface area contributed by atoms with E-state index in [1.807, 2.05) is 140 Å². The fraction of sp³-hybridized carbons (Fsp3) is 0.217. The highest BCUT2D eigenvalue weighted by Crippen LogP contribution is 2.41. The largest absolute Gasteiger partial charge is 0.445 e. The van der Waals surface area contributed by atoms with Crippen LogP contribution in [0.15, 0.2) is 149 Å². The van der Waals surface area contributed by atoms with Gasteiger partial charge in [0.05, 0.1) is 31.8 Å². The Kier molecular flexibility index (Phi) is 12.1. The molecule has 5 aromatic carbocycles. The van der Waals surface area contributed by atoms with Crippen LogP contribution in [0.5, 0.6) is 0 Å². The van der Waals surface area contributed by atoms with Crippen LogP contribution in [0.25, 0.3) is 22.6 Å². The second kappa shape index (κ2) is 18.0. The Hall–Kier alpha value is -6.05. The van der Waals surface area contributed by atoms with Crippen molar-refractivity contribution in [3.63, 3.8) is 0 Å². The third-order valence-electron chi connectivity index (χ3n) is 10.0. The zero-order chi connectivity index (χ0) is 39.8. The van der Waals surface area contributed by atoms with Gasteiger partial charge in [-0.15, -0.1) is 0 Å². The van der Waals surface area contributed by atoms with E-state index in [4.69, 9.17) is 23.6 Å². The third-order valence-corrected chi connectivity index (χ3v) is 11.0. The van der Waals surface area contributed by atoms with Crippen molar-refractivity contribution in [2.75, 3.05) is 5.75 Å². The highest BCUT2D eigenvalue weighted by atomic mass is 32.2. The Bertz CT molecular complexity index is 2270. The molecule has 2 aliphatic heterocycles. The maximum Gasteiger partial charge on any atom is 0.408 e. The predicted octanol–water partition coefficient (Wildman–Crippen LogP) is 8.39. The zero-order valence-corrected chi connectivity index (χ0v) is 32.3. The number of amides is 3. The van der Waals surface area contributed by atoms with Crippen LogP contribution in [0.1, 0.15) is 53.1 Å². The molecular formula is C46H41N3O8S. The lowest BCUT2D eigenvalue weighted by Crippen LogP contribution is -2.41. The number of carbonyl (C=O) groups is 3. The summed E-state index contributed by atoms with van der Waals surface area (Å²) in [6.45, 7) is 0.0454. The summed E-state index contributed by atoms with van der Waals surface area (Å²) in [4.78, 5) is 44.6. The number of benzene rings is 5. The van der Waals surface area contributed by atoms with Crippen molar-refractivity contribution in [2.24, 2.45) is 0 Å². The van der Waals surface area contributed by atoms with Gasteiger partial charge in [0.15, 0.2) is 12.1 Å². The van der Waals surface area contributed by atoms with Gasteiger partial charge in [-0.25, -0.2) is 9.78 Å². The molecule has 0 spiro atoms. The number of aromatic nitrogens is 1. The van der Waals surface area contributed by atoms with E-state index in [1.54, 1.807) is 0 Å². The monoisotopic (exact) mass is 795 g/mol. The maximum atomic E-state index is 13.2. The number of ether oxygens (including phenoxy) is 3. The Balaban J connectivity index is 0.945. The third kappa shape index (κ3) is 9.22. The summed E-state index contributed by atoms with van der Waals surface area (Å²) < 4.78 is 24.8. The normalized spacial score (nSPS) is 19.3. The molecule has 2 N–H and O–H groups in total. The average Bonchev–Trinajstić information content (AvgIpc) is 3.82. The molecular weight excluding hydrogens is 755 g/mol. The average molecular weight is 796 g/mol. The van der Waals surface area contributed by atoms with Gasteiger partial charge in [-0.3, -0.25) is 14.5 Å². The van der Waals surface area contributed by atoms with Crippen LogP contribution < -0.4 is 5.32 Å². The number of aliphatic hydroxyl groups excluding tert-OH is 1. The fourth-order valence-corrected chi connectivity index (χ4v) is 7.80. The summed E-state index contributed by atoms with van der Waals surface area (Å²) in [5.74, 6) is 0.375. The maximum absolute atomic E-state index is 13.2. The SMILES string of the molecule is O=C(NC1CC(=O)N(Cc2ccc([C@H]3O[C@@H](CSc4nc(-c5ccccc5)c(-c5ccccc5)o4)C[C@@H](c4ccc(CO)cc4)O3)cc2)C1=O)OCc1ccccc1. The summed E-state index contributed by atoms with van der Waals surface area (Å²) in [5.41, 5.74) is 6.74. The van der Waals surface area contributed by atoms with Crippen LogP contribution in [0.3, 0.4) is 0 Å². The summed E-state index contributed by atoms with van der Waals surface area (Å²) >= 11 is 1.48. The van der Waals surface area contributed by atoms with Crippen LogP contribution >= 0.6 is 11.8 Å². The number of nitrogens with zero attached hydrogens (tertiary/aromatic N) is 2. The first kappa shape index (κ1) is 38.8. The summed E-state index contributed by atoms with van der Waals surface area (Å²) in [7, 11) is 0. The number of likely N-dealkylation sites (tertiary alicyclic amines) is 1. The quantitative estimate of drug-likeness (QED) is 0.0865. The molecule has 3 amide bonds. The smallest absolute Gasteiger partial charge is 0.408 e. The van der Waals surface area contributed by atoms with Crippen LogP contribution in [0, 0.1) is 0 Å². The lowest BCUT2D eigenvalue weighted by molar-refractivity contribution is -0.245. The van der Waals surface area contributed by atoms with Crippen molar-refractivity contribution in [3.8, 4) is 22.6 Å². The first-order valence-electron chi connectivity index (χ1n) is 19.1. The molecule has 294 valence electrons. The number of rotatable bonds is 13. The minimum absolute atomic E-state index is 0.0484. The standard InChI is InChI=1S/C46H41N3O8S/c50-27-31-18-20-33(21-19-31)39-24-37(29-58-46-48-41(34-12-6-2-7-13-34)42(57-46)35-14-8-3-9-15-35)55-44(56-39)36-22-16-30(17-23-36)26-49-40(51)25-38(43(49)52)47-45(53)54-28-32-10-4-1-5-11-32/h1-23,37-39,44,50H,24-29H2,(H,47,53)/t37-,38?,39+,44+/m1/s1. The molecule has 12 heteroatoms. The minimum Gasteiger partial charge on any atom is -0.445 e. The molecule has 0 aliphatic carbocycles. The lowest BCUT2D eigenvalue weighted by Gasteiger charge is -2.36. The molecule has 0 bridgehead atoms. The molecule has 8 rings (SSSR count). The van der Waals surface area contributed by atoms with Gasteiger partial charge in [0.25, 0.3) is 11.1 Å². The molecule has 2 fully saturated rings. The molecule has 1 aromatic heterocycles. The van der Waals surface area contributed by atoms with Crippen molar-refractivity contribution in [2.45, 2.75) is 62.4 Å². The highest BCUT2D eigenvalue weighted by Gasteiger charge is 2.40. The zero-order valence-electron chi connectivity index (χ0n) is 31.4. The van der Waals surface area contributed by atoms with Crippen molar-refractivity contribution in [1.82, 2.24) is 15.2 Å². The number of nitrogens with one attached hydrogen (secondary N) is 1. The van der Waals surface area contributed by atoms with Gasteiger partial charge in [-0.1, -0.05) is 151 Å². The number of alkyl carbamates (subject to hydrolysis) is 1. The first-order chi connectivity index (χ1) is 28.4. The van der Waals surface area contributed by atoms with Gasteiger partial charge < -0.3 is 29.1 Å². The van der Waals surface area contributed by atoms with E-state index in [9.17, 15) is 19.5 Å². The van der Waals surface area contributed by atoms with Crippen molar-refractivity contribution >= 4 is 29.7 Å². The molecule has 4 atom stereocenters. The van der Waals surface area contributed by atoms with Crippen molar-refractivity contribution < 1.29 is 38.1 Å². The first-order valence-corrected chi connectivity index (χ1v) is 20.0. The van der Waals surface area contributed by atoms with Crippen LogP contribution in [0.2, 0.25) is 0 Å². The summed E-state index contributed by atoms with van der Waals surface area (Å²) in [6, 6.07) is 43.2. The minimum atomic E-state index is -0.997. The molecule has 6 aromatic rings. The van der Waals surface area contributed by atoms with Crippen LogP contribution in [-0.4, -0.2) is 50.8 Å². The van der Waals surface area contributed by atoms with E-state index < -0.39 is 24.3 Å². The number of thioether (sulfide) groups is 1. The Morgan fingerprint density at radius 2 is 1.41 bits per heavy atom. The molecule has 3 heterocycles. The van der Waals surface area contributed by atoms with Crippen molar-refractivity contribution in [1.29, 1.82) is 0 Å². The number of imide groups is 1. The topological polar surface area (TPSA) is 140 Å². The Morgan fingerprint density at radius 3 is 2.10 bits per heavy atom. The van der Waals surface area contributed by atoms with Gasteiger partial charge in [0.2, 0.25) is 5.91 Å². The van der Waals surface area contributed by atoms with E-state index in [-0.39, 0.29) is 44.3 Å².